The molecule has 0 heterocycles. The van der Waals surface area contributed by atoms with Gasteiger partial charge in [0, 0.05) is 360 Å². The fourth-order valence-electron chi connectivity index (χ4n) is 1.12. The summed E-state index contributed by atoms with van der Waals surface area (Å²) in [6, 6.07) is 22.1. The van der Waals surface area contributed by atoms with E-state index < -0.39 is 0 Å². The van der Waals surface area contributed by atoms with E-state index in [0.717, 1.165) is 17.0 Å². The molecule has 11 radical (unpaired) electrons. The maximum Gasteiger partial charge on any atom is 0 e. The predicted octanol–water partition coefficient (Wildman–Crippen LogP) is 7.03. The Morgan fingerprint density at radius 2 is 0.750 bits per heavy atom. The van der Waals surface area contributed by atoms with Crippen molar-refractivity contribution in [2.24, 2.45) is 5.92 Å². The van der Waals surface area contributed by atoms with Crippen molar-refractivity contribution in [1.82, 2.24) is 0 Å². The van der Waals surface area contributed by atoms with Crippen molar-refractivity contribution in [2.45, 2.75) is 54.9 Å². The van der Waals surface area contributed by atoms with Crippen molar-refractivity contribution in [2.75, 3.05) is 0 Å². The second kappa shape index (κ2) is 73.2. The van der Waals surface area contributed by atoms with E-state index in [2.05, 4.69) is 32.9 Å². The maximum absolute atomic E-state index is 3.15. The van der Waals surface area contributed by atoms with Crippen molar-refractivity contribution in [3.8, 4) is 11.1 Å². The SMILES string of the molecule is CC.CC.CCC(C)C.[Y].[Y].[Y].[Y].[Y].[Y].[Y].[Y].[Y].[Y].[Y].[c-]1ccccc1-c1[c-]cccc1. The van der Waals surface area contributed by atoms with Gasteiger partial charge >= 0.3 is 0 Å². The average Bonchev–Trinajstić information content (AvgIpc) is 2.60. The minimum absolute atomic E-state index is 0. The predicted molar refractivity (Wildman–Crippen MR) is 97.4 cm³/mol. The number of hydrogen-bond donors (Lipinski definition) is 0. The van der Waals surface area contributed by atoms with E-state index in [1.54, 1.807) is 0 Å². The summed E-state index contributed by atoms with van der Waals surface area (Å²) in [4.78, 5) is 0. The van der Waals surface area contributed by atoms with E-state index >= 15 is 0 Å². The van der Waals surface area contributed by atoms with Crippen molar-refractivity contribution < 1.29 is 360 Å². The van der Waals surface area contributed by atoms with Gasteiger partial charge in [0.15, 0.2) is 0 Å². The Labute approximate surface area is 478 Å². The molecule has 2 aromatic rings. The third-order valence-corrected chi connectivity index (χ3v) is 2.52. The second-order valence-corrected chi connectivity index (χ2v) is 4.35. The van der Waals surface area contributed by atoms with Crippen LogP contribution in [0, 0.1) is 18.1 Å². The van der Waals surface area contributed by atoms with Crippen LogP contribution >= 0.6 is 0 Å². The third kappa shape index (κ3) is 59.9. The molecule has 0 saturated heterocycles. The first-order valence-electron chi connectivity index (χ1n) is 8.17. The summed E-state index contributed by atoms with van der Waals surface area (Å²) in [5.41, 5.74) is 2.19. The Morgan fingerprint density at radius 3 is 0.875 bits per heavy atom. The molecule has 0 bridgehead atoms. The van der Waals surface area contributed by atoms with Gasteiger partial charge in [0.1, 0.15) is 0 Å². The Morgan fingerprint density at radius 1 is 0.531 bits per heavy atom. The second-order valence-electron chi connectivity index (χ2n) is 4.35. The van der Waals surface area contributed by atoms with Gasteiger partial charge in [0.05, 0.1) is 0 Å². The topological polar surface area (TPSA) is 0 Å². The monoisotopic (exact) mass is 1260 g/mol. The fraction of sp³-hybridized carbons (Fsp3) is 0.429. The van der Waals surface area contributed by atoms with Gasteiger partial charge in [0.2, 0.25) is 0 Å². The molecule has 2 rings (SSSR count). The summed E-state index contributed by atoms with van der Waals surface area (Å²) in [6.07, 6.45) is 1.31. The zero-order valence-corrected chi connectivity index (χ0v) is 52.5. The van der Waals surface area contributed by atoms with Gasteiger partial charge in [0.25, 0.3) is 0 Å². The van der Waals surface area contributed by atoms with Crippen molar-refractivity contribution in [3.63, 3.8) is 0 Å². The van der Waals surface area contributed by atoms with Crippen LogP contribution in [0.15, 0.2) is 48.5 Å². The minimum Gasteiger partial charge on any atom is -0.226 e. The molecule has 0 aliphatic carbocycles. The zero-order valence-electron chi connectivity index (χ0n) is 21.3. The minimum atomic E-state index is 0. The first-order chi connectivity index (χ1) is 10.2. The van der Waals surface area contributed by atoms with Crippen LogP contribution in [-0.4, -0.2) is 0 Å². The smallest absolute Gasteiger partial charge is 0 e. The maximum atomic E-state index is 3.15. The first-order valence-corrected chi connectivity index (χ1v) is 8.17. The van der Waals surface area contributed by atoms with E-state index in [4.69, 9.17) is 0 Å². The van der Waals surface area contributed by atoms with Crippen LogP contribution in [0.3, 0.4) is 0 Å². The molecule has 0 aromatic heterocycles. The van der Waals surface area contributed by atoms with E-state index in [9.17, 15) is 0 Å². The third-order valence-electron chi connectivity index (χ3n) is 2.52. The van der Waals surface area contributed by atoms with Gasteiger partial charge in [-0.25, -0.2) is 11.1 Å². The number of rotatable bonds is 2. The van der Waals surface area contributed by atoms with E-state index in [-0.39, 0.29) is 360 Å². The Hall–Kier alpha value is 10.6. The summed E-state index contributed by atoms with van der Waals surface area (Å²) in [5.74, 6) is 0.884. The summed E-state index contributed by atoms with van der Waals surface area (Å²) >= 11 is 0. The number of hydrogen-bond acceptors (Lipinski definition) is 0. The van der Waals surface area contributed by atoms with E-state index in [1.165, 1.54) is 6.42 Å². The summed E-state index contributed by atoms with van der Waals surface area (Å²) in [7, 11) is 0. The van der Waals surface area contributed by atoms with Gasteiger partial charge < -0.3 is 0 Å². The molecule has 0 aliphatic rings. The summed E-state index contributed by atoms with van der Waals surface area (Å²) < 4.78 is 0. The molecule has 0 fully saturated rings. The van der Waals surface area contributed by atoms with Crippen molar-refractivity contribution >= 4 is 0 Å². The van der Waals surface area contributed by atoms with Crippen LogP contribution in [0.1, 0.15) is 54.9 Å². The molecule has 0 unspecified atom stereocenters. The van der Waals surface area contributed by atoms with Crippen LogP contribution in [-0.2, 0) is 360 Å². The van der Waals surface area contributed by atoms with E-state index in [1.807, 2.05) is 76.2 Å². The molecule has 0 aliphatic heterocycles. The van der Waals surface area contributed by atoms with Crippen LogP contribution in [0.25, 0.3) is 11.1 Å². The molecule has 32 heavy (non-hydrogen) atoms. The Balaban J connectivity index is -0.0000000149. The van der Waals surface area contributed by atoms with Gasteiger partial charge in [-0.3, -0.25) is 0 Å². The molecule has 0 N–H and O–H groups in total. The van der Waals surface area contributed by atoms with Crippen molar-refractivity contribution in [1.29, 1.82) is 0 Å². The quantitative estimate of drug-likeness (QED) is 0.284. The number of benzene rings is 2. The van der Waals surface area contributed by atoms with Crippen LogP contribution in [0.4, 0.5) is 0 Å². The molecule has 0 spiro atoms. The molecule has 0 saturated carbocycles. The van der Waals surface area contributed by atoms with Crippen LogP contribution in [0.5, 0.6) is 0 Å². The van der Waals surface area contributed by atoms with Gasteiger partial charge in [-0.05, 0) is 5.92 Å². The van der Waals surface area contributed by atoms with E-state index in [0.29, 0.717) is 0 Å². The molecule has 2 aromatic carbocycles. The normalized spacial score (nSPS) is 5.50. The zero-order chi connectivity index (χ0) is 16.5. The fourth-order valence-corrected chi connectivity index (χ4v) is 1.12. The first kappa shape index (κ1) is 84.1. The molecule has 11 heteroatoms. The molecular weight excluding hydrogens is 1230 g/mol. The molecule has 151 valence electrons. The van der Waals surface area contributed by atoms with Gasteiger partial charge in [-0.15, -0.1) is 12.1 Å². The molecular formula is C21H32Y11-2. The molecule has 0 atom stereocenters. The van der Waals surface area contributed by atoms with Gasteiger partial charge in [-0.1, -0.05) is 54.9 Å². The average molecular weight is 1260 g/mol. The largest absolute Gasteiger partial charge is 0.226 e. The standard InChI is InChI=1S/C12H8.C5H12.2C2H6.11Y/c1-3-7-11(8-4-1)12-9-5-2-6-10-12;1-4-5(2)3;2*1-2;;;;;;;;;;;/h1-7,9H;5H,4H2,1-3H3;2*1-2H3;;;;;;;;;;;/q-2;;;;;;;;;;;;;;. The molecule has 0 nitrogen and oxygen atoms in total. The Bertz CT molecular complexity index is 379. The Kier molecular flexibility index (Phi) is 193. The summed E-state index contributed by atoms with van der Waals surface area (Å²) in [6.45, 7) is 14.6. The molecule has 0 amide bonds. The van der Waals surface area contributed by atoms with Crippen LogP contribution < -0.4 is 0 Å². The van der Waals surface area contributed by atoms with Crippen LogP contribution in [0.2, 0.25) is 0 Å². The van der Waals surface area contributed by atoms with Gasteiger partial charge in [-0.2, -0.15) is 48.5 Å². The van der Waals surface area contributed by atoms with Crippen molar-refractivity contribution in [3.05, 3.63) is 60.7 Å². The summed E-state index contributed by atoms with van der Waals surface area (Å²) in [5, 5.41) is 0.